The first kappa shape index (κ1) is 15.3. The number of hydrogen-bond donors (Lipinski definition) is 2. The third-order valence-electron chi connectivity index (χ3n) is 4.13. The fourth-order valence-electron chi connectivity index (χ4n) is 2.86. The number of nitrogens with one attached hydrogen (secondary N) is 1. The highest BCUT2D eigenvalue weighted by molar-refractivity contribution is 7.89. The molecule has 1 aliphatic carbocycles. The minimum absolute atomic E-state index is 0.170. The van der Waals surface area contributed by atoms with Gasteiger partial charge in [0.15, 0.2) is 0 Å². The highest BCUT2D eigenvalue weighted by Gasteiger charge is 2.13. The summed E-state index contributed by atoms with van der Waals surface area (Å²) in [7, 11) is -3.63. The number of rotatable bonds is 5. The topological polar surface area (TPSA) is 72.2 Å². The molecule has 1 aromatic carbocycles. The molecular formula is C15H24N2O2S. The Bertz CT molecular complexity index is 549. The molecule has 1 saturated carbocycles. The van der Waals surface area contributed by atoms with Crippen LogP contribution in [0.3, 0.4) is 0 Å². The zero-order chi connectivity index (χ0) is 14.6. The van der Waals surface area contributed by atoms with Gasteiger partial charge in [0.2, 0.25) is 10.0 Å². The summed E-state index contributed by atoms with van der Waals surface area (Å²) in [6.07, 6.45) is 7.89. The van der Waals surface area contributed by atoms with Gasteiger partial charge in [0.1, 0.15) is 0 Å². The monoisotopic (exact) mass is 296 g/mol. The summed E-state index contributed by atoms with van der Waals surface area (Å²) in [6.45, 7) is 2.86. The molecule has 0 amide bonds. The predicted molar refractivity (Wildman–Crippen MR) is 82.2 cm³/mol. The van der Waals surface area contributed by atoms with Crippen LogP contribution in [0.4, 0.5) is 5.69 Å². The number of nitrogens with two attached hydrogens (primary N) is 1. The average Bonchev–Trinajstić information content (AvgIpc) is 2.41. The van der Waals surface area contributed by atoms with E-state index in [0.29, 0.717) is 0 Å². The number of sulfonamides is 1. The minimum atomic E-state index is -3.63. The number of benzene rings is 1. The van der Waals surface area contributed by atoms with Crippen molar-refractivity contribution in [3.63, 3.8) is 0 Å². The Balaban J connectivity index is 1.94. The lowest BCUT2D eigenvalue weighted by Crippen LogP contribution is -2.14. The van der Waals surface area contributed by atoms with Crippen molar-refractivity contribution in [2.45, 2.75) is 50.3 Å². The maximum Gasteiger partial charge on any atom is 0.238 e. The molecule has 0 aromatic heterocycles. The fourth-order valence-corrected chi connectivity index (χ4v) is 3.40. The SMILES string of the molecule is Cc1ccc(S(N)(=O)=O)cc1NCCC1CCCCC1. The van der Waals surface area contributed by atoms with Gasteiger partial charge in [-0.2, -0.15) is 0 Å². The van der Waals surface area contributed by atoms with Gasteiger partial charge in [-0.1, -0.05) is 38.2 Å². The zero-order valence-electron chi connectivity index (χ0n) is 12.1. The zero-order valence-corrected chi connectivity index (χ0v) is 12.9. The molecule has 1 aromatic rings. The molecule has 0 spiro atoms. The van der Waals surface area contributed by atoms with Crippen LogP contribution in [0.1, 0.15) is 44.1 Å². The number of hydrogen-bond acceptors (Lipinski definition) is 3. The van der Waals surface area contributed by atoms with E-state index in [1.807, 2.05) is 6.92 Å². The van der Waals surface area contributed by atoms with E-state index < -0.39 is 10.0 Å². The second-order valence-electron chi connectivity index (χ2n) is 5.74. The van der Waals surface area contributed by atoms with Crippen molar-refractivity contribution >= 4 is 15.7 Å². The molecule has 4 nitrogen and oxygen atoms in total. The van der Waals surface area contributed by atoms with Gasteiger partial charge in [-0.3, -0.25) is 0 Å². The molecule has 0 bridgehead atoms. The molecule has 1 aliphatic rings. The number of anilines is 1. The van der Waals surface area contributed by atoms with Gasteiger partial charge in [-0.15, -0.1) is 0 Å². The van der Waals surface area contributed by atoms with Crippen LogP contribution in [0.5, 0.6) is 0 Å². The maximum absolute atomic E-state index is 11.4. The Morgan fingerprint density at radius 1 is 1.25 bits per heavy atom. The Hall–Kier alpha value is -1.07. The standard InChI is InChI=1S/C15H24N2O2S/c1-12-7-8-14(20(16,18)19)11-15(12)17-10-9-13-5-3-2-4-6-13/h7-8,11,13,17H,2-6,9-10H2,1H3,(H2,16,18,19). The Morgan fingerprint density at radius 3 is 2.60 bits per heavy atom. The molecule has 5 heteroatoms. The Kier molecular flexibility index (Phi) is 5.05. The van der Waals surface area contributed by atoms with Crippen LogP contribution in [0.15, 0.2) is 23.1 Å². The second kappa shape index (κ2) is 6.59. The summed E-state index contributed by atoms with van der Waals surface area (Å²) in [5.41, 5.74) is 1.91. The van der Waals surface area contributed by atoms with E-state index in [1.54, 1.807) is 18.2 Å². The largest absolute Gasteiger partial charge is 0.385 e. The van der Waals surface area contributed by atoms with Crippen LogP contribution >= 0.6 is 0 Å². The lowest BCUT2D eigenvalue weighted by molar-refractivity contribution is 0.345. The molecular weight excluding hydrogens is 272 g/mol. The molecule has 20 heavy (non-hydrogen) atoms. The molecule has 0 aliphatic heterocycles. The summed E-state index contributed by atoms with van der Waals surface area (Å²) < 4.78 is 22.7. The fraction of sp³-hybridized carbons (Fsp3) is 0.600. The van der Waals surface area contributed by atoms with Crippen molar-refractivity contribution < 1.29 is 8.42 Å². The van der Waals surface area contributed by atoms with E-state index >= 15 is 0 Å². The summed E-state index contributed by atoms with van der Waals surface area (Å²) >= 11 is 0. The molecule has 0 atom stereocenters. The van der Waals surface area contributed by atoms with Gasteiger partial charge in [-0.25, -0.2) is 13.6 Å². The normalized spacial score (nSPS) is 17.1. The summed E-state index contributed by atoms with van der Waals surface area (Å²) in [5, 5.41) is 8.52. The van der Waals surface area contributed by atoms with E-state index in [0.717, 1.165) is 30.1 Å². The highest BCUT2D eigenvalue weighted by atomic mass is 32.2. The van der Waals surface area contributed by atoms with Gasteiger partial charge < -0.3 is 5.32 Å². The highest BCUT2D eigenvalue weighted by Crippen LogP contribution is 2.26. The molecule has 2 rings (SSSR count). The smallest absolute Gasteiger partial charge is 0.238 e. The van der Waals surface area contributed by atoms with Crippen LogP contribution in [0.2, 0.25) is 0 Å². The van der Waals surface area contributed by atoms with Gasteiger partial charge in [-0.05, 0) is 37.0 Å². The molecule has 0 radical (unpaired) electrons. The third-order valence-corrected chi connectivity index (χ3v) is 5.04. The van der Waals surface area contributed by atoms with E-state index in [1.165, 1.54) is 32.1 Å². The molecule has 3 N–H and O–H groups in total. The number of aryl methyl sites for hydroxylation is 1. The van der Waals surface area contributed by atoms with Crippen molar-refractivity contribution in [3.8, 4) is 0 Å². The number of primary sulfonamides is 1. The van der Waals surface area contributed by atoms with Gasteiger partial charge in [0.25, 0.3) is 0 Å². The van der Waals surface area contributed by atoms with Crippen LogP contribution in [-0.4, -0.2) is 15.0 Å². The van der Waals surface area contributed by atoms with Crippen LogP contribution in [0, 0.1) is 12.8 Å². The van der Waals surface area contributed by atoms with Crippen molar-refractivity contribution in [1.82, 2.24) is 0 Å². The quantitative estimate of drug-likeness (QED) is 0.877. The molecule has 112 valence electrons. The van der Waals surface area contributed by atoms with E-state index in [2.05, 4.69) is 5.32 Å². The van der Waals surface area contributed by atoms with Crippen molar-refractivity contribution in [2.24, 2.45) is 11.1 Å². The van der Waals surface area contributed by atoms with Gasteiger partial charge in [0.05, 0.1) is 4.90 Å². The molecule has 1 fully saturated rings. The van der Waals surface area contributed by atoms with Crippen molar-refractivity contribution in [2.75, 3.05) is 11.9 Å². The Morgan fingerprint density at radius 2 is 1.95 bits per heavy atom. The average molecular weight is 296 g/mol. The Labute approximate surface area is 121 Å². The van der Waals surface area contributed by atoms with E-state index in [4.69, 9.17) is 5.14 Å². The van der Waals surface area contributed by atoms with E-state index in [9.17, 15) is 8.42 Å². The predicted octanol–water partition coefficient (Wildman–Crippen LogP) is 3.02. The lowest BCUT2D eigenvalue weighted by atomic mass is 9.87. The first-order valence-corrected chi connectivity index (χ1v) is 8.89. The first-order chi connectivity index (χ1) is 9.47. The second-order valence-corrected chi connectivity index (χ2v) is 7.30. The molecule has 0 heterocycles. The lowest BCUT2D eigenvalue weighted by Gasteiger charge is -2.22. The minimum Gasteiger partial charge on any atom is -0.385 e. The van der Waals surface area contributed by atoms with E-state index in [-0.39, 0.29) is 4.90 Å². The summed E-state index contributed by atoms with van der Waals surface area (Å²) in [6, 6.07) is 4.98. The summed E-state index contributed by atoms with van der Waals surface area (Å²) in [4.78, 5) is 0.170. The van der Waals surface area contributed by atoms with Gasteiger partial charge in [0, 0.05) is 12.2 Å². The van der Waals surface area contributed by atoms with Crippen LogP contribution < -0.4 is 10.5 Å². The maximum atomic E-state index is 11.4. The molecule has 0 saturated heterocycles. The summed E-state index contributed by atoms with van der Waals surface area (Å²) in [5.74, 6) is 0.818. The van der Waals surface area contributed by atoms with Crippen LogP contribution in [-0.2, 0) is 10.0 Å². The van der Waals surface area contributed by atoms with Crippen LogP contribution in [0.25, 0.3) is 0 Å². The van der Waals surface area contributed by atoms with Gasteiger partial charge >= 0.3 is 0 Å². The van der Waals surface area contributed by atoms with Crippen molar-refractivity contribution in [3.05, 3.63) is 23.8 Å². The van der Waals surface area contributed by atoms with Crippen molar-refractivity contribution in [1.29, 1.82) is 0 Å². The third kappa shape index (κ3) is 4.21. The molecule has 0 unspecified atom stereocenters. The first-order valence-electron chi connectivity index (χ1n) is 7.34.